The zero-order valence-electron chi connectivity index (χ0n) is 15.9. The molecule has 0 saturated heterocycles. The van der Waals surface area contributed by atoms with Crippen LogP contribution in [0.1, 0.15) is 47.5 Å². The van der Waals surface area contributed by atoms with Crippen molar-refractivity contribution in [3.8, 4) is 0 Å². The number of nitrogens with zero attached hydrogens (tertiary/aromatic N) is 4. The third-order valence-electron chi connectivity index (χ3n) is 5.42. The summed E-state index contributed by atoms with van der Waals surface area (Å²) in [5.41, 5.74) is 3.99. The van der Waals surface area contributed by atoms with Crippen LogP contribution in [0.2, 0.25) is 0 Å². The molecule has 0 unspecified atom stereocenters. The Labute approximate surface area is 162 Å². The number of nitro groups is 1. The number of aryl methyl sites for hydroxylation is 1. The molecule has 0 aliphatic carbocycles. The summed E-state index contributed by atoms with van der Waals surface area (Å²) in [6.07, 6.45) is 3.72. The number of hydrogen-bond donors (Lipinski definition) is 1. The van der Waals surface area contributed by atoms with Crippen LogP contribution in [0.3, 0.4) is 0 Å². The molecule has 0 spiro atoms. The van der Waals surface area contributed by atoms with Gasteiger partial charge in [-0.1, -0.05) is 12.1 Å². The standard InChI is InChI=1S/C20H23N5O3/c1-13-5-6-14(10-18(13)25(27)28)11-24-9-7-16-15(12-24)20(26)23-19(22-16)17-4-2-3-8-21-17/h5-6,10H,2-4,7-9,11-12H2,1H3,(H,22,23,26). The van der Waals surface area contributed by atoms with Gasteiger partial charge in [0.2, 0.25) is 0 Å². The first-order chi connectivity index (χ1) is 13.5. The minimum atomic E-state index is -0.353. The van der Waals surface area contributed by atoms with E-state index < -0.39 is 0 Å². The van der Waals surface area contributed by atoms with Crippen LogP contribution in [0, 0.1) is 17.0 Å². The van der Waals surface area contributed by atoms with Gasteiger partial charge in [-0.2, -0.15) is 0 Å². The molecular formula is C20H23N5O3. The molecule has 0 bridgehead atoms. The van der Waals surface area contributed by atoms with Crippen LogP contribution < -0.4 is 5.56 Å². The lowest BCUT2D eigenvalue weighted by Gasteiger charge is -2.28. The topological polar surface area (TPSA) is 104 Å². The van der Waals surface area contributed by atoms with E-state index in [0.29, 0.717) is 36.5 Å². The molecule has 8 nitrogen and oxygen atoms in total. The van der Waals surface area contributed by atoms with Crippen molar-refractivity contribution in [1.82, 2.24) is 14.9 Å². The zero-order chi connectivity index (χ0) is 19.7. The van der Waals surface area contributed by atoms with E-state index in [1.54, 1.807) is 19.1 Å². The predicted octanol–water partition coefficient (Wildman–Crippen LogP) is 2.52. The van der Waals surface area contributed by atoms with Gasteiger partial charge in [-0.25, -0.2) is 4.98 Å². The average Bonchev–Trinajstić information content (AvgIpc) is 2.70. The number of benzene rings is 1. The molecule has 0 amide bonds. The Hall–Kier alpha value is -2.87. The van der Waals surface area contributed by atoms with Crippen molar-refractivity contribution in [1.29, 1.82) is 0 Å². The van der Waals surface area contributed by atoms with Gasteiger partial charge in [-0.15, -0.1) is 0 Å². The number of H-pyrrole nitrogens is 1. The van der Waals surface area contributed by atoms with E-state index in [-0.39, 0.29) is 16.2 Å². The first-order valence-corrected chi connectivity index (χ1v) is 9.63. The normalized spacial score (nSPS) is 17.1. The van der Waals surface area contributed by atoms with E-state index in [1.807, 2.05) is 6.07 Å². The minimum Gasteiger partial charge on any atom is -0.305 e. The van der Waals surface area contributed by atoms with Crippen molar-refractivity contribution in [2.45, 2.75) is 45.7 Å². The molecular weight excluding hydrogens is 358 g/mol. The zero-order valence-corrected chi connectivity index (χ0v) is 15.9. The van der Waals surface area contributed by atoms with E-state index in [2.05, 4.69) is 19.9 Å². The monoisotopic (exact) mass is 381 g/mol. The van der Waals surface area contributed by atoms with Gasteiger partial charge >= 0.3 is 0 Å². The van der Waals surface area contributed by atoms with Crippen LogP contribution in [0.25, 0.3) is 0 Å². The van der Waals surface area contributed by atoms with Crippen molar-refractivity contribution in [3.63, 3.8) is 0 Å². The Morgan fingerprint density at radius 2 is 2.14 bits per heavy atom. The fourth-order valence-electron chi connectivity index (χ4n) is 3.85. The predicted molar refractivity (Wildman–Crippen MR) is 106 cm³/mol. The molecule has 0 saturated carbocycles. The van der Waals surface area contributed by atoms with E-state index in [4.69, 9.17) is 0 Å². The Balaban J connectivity index is 1.54. The number of aliphatic imine (C=N–C) groups is 1. The molecule has 8 heteroatoms. The van der Waals surface area contributed by atoms with Gasteiger partial charge < -0.3 is 4.98 Å². The van der Waals surface area contributed by atoms with Crippen LogP contribution in [0.5, 0.6) is 0 Å². The minimum absolute atomic E-state index is 0.104. The first kappa shape index (κ1) is 18.5. The third kappa shape index (κ3) is 3.73. The van der Waals surface area contributed by atoms with Crippen molar-refractivity contribution >= 4 is 11.4 Å². The van der Waals surface area contributed by atoms with Crippen LogP contribution in [-0.2, 0) is 19.5 Å². The summed E-state index contributed by atoms with van der Waals surface area (Å²) < 4.78 is 0. The van der Waals surface area contributed by atoms with Gasteiger partial charge in [0.25, 0.3) is 11.2 Å². The second kappa shape index (κ2) is 7.63. The highest BCUT2D eigenvalue weighted by molar-refractivity contribution is 5.97. The van der Waals surface area contributed by atoms with Gasteiger partial charge in [-0.05, 0) is 31.7 Å². The molecule has 1 N–H and O–H groups in total. The van der Waals surface area contributed by atoms with Crippen LogP contribution >= 0.6 is 0 Å². The lowest BCUT2D eigenvalue weighted by Crippen LogP contribution is -2.36. The molecule has 4 rings (SSSR count). The molecule has 0 atom stereocenters. The van der Waals surface area contributed by atoms with Crippen molar-refractivity contribution in [2.75, 3.05) is 13.1 Å². The number of rotatable bonds is 4. The van der Waals surface area contributed by atoms with Crippen molar-refractivity contribution < 1.29 is 4.92 Å². The number of aromatic amines is 1. The first-order valence-electron chi connectivity index (χ1n) is 9.63. The summed E-state index contributed by atoms with van der Waals surface area (Å²) in [5, 5.41) is 11.2. The summed E-state index contributed by atoms with van der Waals surface area (Å²) in [6, 6.07) is 5.30. The van der Waals surface area contributed by atoms with Crippen LogP contribution in [0.15, 0.2) is 28.0 Å². The molecule has 2 aromatic rings. The third-order valence-corrected chi connectivity index (χ3v) is 5.42. The Kier molecular flexibility index (Phi) is 5.04. The van der Waals surface area contributed by atoms with E-state index >= 15 is 0 Å². The summed E-state index contributed by atoms with van der Waals surface area (Å²) in [5.74, 6) is 0.617. The van der Waals surface area contributed by atoms with Crippen LogP contribution in [0.4, 0.5) is 5.69 Å². The summed E-state index contributed by atoms with van der Waals surface area (Å²) >= 11 is 0. The fraction of sp³-hybridized carbons (Fsp3) is 0.450. The molecule has 146 valence electrons. The second-order valence-electron chi connectivity index (χ2n) is 7.46. The summed E-state index contributed by atoms with van der Waals surface area (Å²) in [7, 11) is 0. The maximum atomic E-state index is 12.6. The largest absolute Gasteiger partial charge is 0.305 e. The van der Waals surface area contributed by atoms with Gasteiger partial charge in [-0.3, -0.25) is 24.8 Å². The van der Waals surface area contributed by atoms with Crippen LogP contribution in [-0.4, -0.2) is 38.6 Å². The van der Waals surface area contributed by atoms with Gasteiger partial charge in [0.15, 0.2) is 5.82 Å². The van der Waals surface area contributed by atoms with E-state index in [0.717, 1.165) is 49.3 Å². The maximum Gasteiger partial charge on any atom is 0.272 e. The fourth-order valence-corrected chi connectivity index (χ4v) is 3.85. The molecule has 2 aliphatic heterocycles. The molecule has 28 heavy (non-hydrogen) atoms. The van der Waals surface area contributed by atoms with Gasteiger partial charge in [0.1, 0.15) is 0 Å². The molecule has 0 radical (unpaired) electrons. The number of nitro benzene ring substituents is 1. The number of hydrogen-bond acceptors (Lipinski definition) is 6. The number of fused-ring (bicyclic) bond motifs is 1. The SMILES string of the molecule is Cc1ccc(CN2CCc3nc(C4=NCCCC4)[nH]c(=O)c3C2)cc1[N+](=O)[O-]. The highest BCUT2D eigenvalue weighted by atomic mass is 16.6. The maximum absolute atomic E-state index is 12.6. The average molecular weight is 381 g/mol. The molecule has 2 aliphatic rings. The summed E-state index contributed by atoms with van der Waals surface area (Å²) in [4.78, 5) is 37.7. The Morgan fingerprint density at radius 3 is 2.89 bits per heavy atom. The van der Waals surface area contributed by atoms with E-state index in [9.17, 15) is 14.9 Å². The Bertz CT molecular complexity index is 1010. The highest BCUT2D eigenvalue weighted by Gasteiger charge is 2.23. The van der Waals surface area contributed by atoms with Gasteiger partial charge in [0.05, 0.1) is 21.9 Å². The smallest absolute Gasteiger partial charge is 0.272 e. The van der Waals surface area contributed by atoms with Crippen molar-refractivity contribution in [2.24, 2.45) is 4.99 Å². The van der Waals surface area contributed by atoms with Gasteiger partial charge in [0, 0.05) is 44.2 Å². The molecule has 1 aromatic heterocycles. The Morgan fingerprint density at radius 1 is 1.29 bits per heavy atom. The quantitative estimate of drug-likeness (QED) is 0.647. The molecule has 1 aromatic carbocycles. The molecule has 0 fully saturated rings. The van der Waals surface area contributed by atoms with E-state index in [1.165, 1.54) is 0 Å². The number of nitrogens with one attached hydrogen (secondary N) is 1. The lowest BCUT2D eigenvalue weighted by molar-refractivity contribution is -0.385. The lowest BCUT2D eigenvalue weighted by atomic mass is 10.0. The highest BCUT2D eigenvalue weighted by Crippen LogP contribution is 2.22. The van der Waals surface area contributed by atoms with Crippen molar-refractivity contribution in [3.05, 3.63) is 66.9 Å². The second-order valence-corrected chi connectivity index (χ2v) is 7.46. The number of aromatic nitrogens is 2. The molecule has 3 heterocycles. The summed E-state index contributed by atoms with van der Waals surface area (Å²) in [6.45, 7) is 4.35.